The van der Waals surface area contributed by atoms with E-state index in [-0.39, 0.29) is 24.0 Å². The molecule has 7 heteroatoms. The fraction of sp³-hybridized carbons (Fsp3) is 0.318. The number of methoxy groups -OCH3 is 1. The van der Waals surface area contributed by atoms with Crippen molar-refractivity contribution in [2.45, 2.75) is 13.5 Å². The quantitative estimate of drug-likeness (QED) is 0.571. The highest BCUT2D eigenvalue weighted by molar-refractivity contribution is 6.06. The van der Waals surface area contributed by atoms with E-state index < -0.39 is 5.97 Å². The topological polar surface area (TPSA) is 76.2 Å². The Morgan fingerprint density at radius 3 is 2.24 bits per heavy atom. The van der Waals surface area contributed by atoms with Crippen LogP contribution in [0.3, 0.4) is 0 Å². The van der Waals surface area contributed by atoms with Gasteiger partial charge in [0.15, 0.2) is 5.78 Å². The highest BCUT2D eigenvalue weighted by atomic mass is 16.6. The number of carbonyl (C=O) groups excluding carboxylic acids is 3. The molecule has 0 atom stereocenters. The van der Waals surface area contributed by atoms with E-state index in [9.17, 15) is 14.4 Å². The third-order valence-corrected chi connectivity index (χ3v) is 4.90. The van der Waals surface area contributed by atoms with Crippen LogP contribution in [0, 0.1) is 0 Å². The van der Waals surface area contributed by atoms with Gasteiger partial charge in [-0.1, -0.05) is 30.3 Å². The van der Waals surface area contributed by atoms with Crippen LogP contribution in [0.15, 0.2) is 48.5 Å². The molecule has 0 radical (unpaired) electrons. The van der Waals surface area contributed by atoms with Gasteiger partial charge in [0, 0.05) is 37.4 Å². The summed E-state index contributed by atoms with van der Waals surface area (Å²) in [7, 11) is 1.29. The van der Waals surface area contributed by atoms with Crippen molar-refractivity contribution in [1.82, 2.24) is 4.90 Å². The van der Waals surface area contributed by atoms with Crippen LogP contribution in [-0.2, 0) is 16.1 Å². The number of ketones is 1. The van der Waals surface area contributed by atoms with Gasteiger partial charge in [-0.3, -0.25) is 4.79 Å². The number of esters is 1. The molecular formula is C22H24N2O5. The highest BCUT2D eigenvalue weighted by Gasteiger charge is 2.24. The summed E-state index contributed by atoms with van der Waals surface area (Å²) in [5.41, 5.74) is 2.37. The molecule has 0 aliphatic carbocycles. The van der Waals surface area contributed by atoms with Crippen LogP contribution >= 0.6 is 0 Å². The molecule has 0 N–H and O–H groups in total. The first kappa shape index (κ1) is 20.4. The number of hydrogen-bond acceptors (Lipinski definition) is 6. The van der Waals surface area contributed by atoms with E-state index in [1.807, 2.05) is 30.3 Å². The zero-order chi connectivity index (χ0) is 20.8. The van der Waals surface area contributed by atoms with E-state index in [0.29, 0.717) is 31.7 Å². The molecule has 29 heavy (non-hydrogen) atoms. The predicted molar refractivity (Wildman–Crippen MR) is 108 cm³/mol. The number of hydrogen-bond donors (Lipinski definition) is 0. The van der Waals surface area contributed by atoms with Gasteiger partial charge in [-0.25, -0.2) is 9.59 Å². The molecule has 1 amide bonds. The van der Waals surface area contributed by atoms with Crippen molar-refractivity contribution >= 4 is 23.5 Å². The first-order valence-corrected chi connectivity index (χ1v) is 9.43. The van der Waals surface area contributed by atoms with Gasteiger partial charge in [0.1, 0.15) is 6.61 Å². The number of ether oxygens (including phenoxy) is 2. The van der Waals surface area contributed by atoms with Crippen molar-refractivity contribution in [3.8, 4) is 0 Å². The number of piperazine rings is 1. The summed E-state index contributed by atoms with van der Waals surface area (Å²) < 4.78 is 10.1. The Kier molecular flexibility index (Phi) is 6.49. The SMILES string of the molecule is COC(=O)c1ccc(N2CCN(C(=O)OCc3ccccc3)CC2)cc1C(C)=O. The van der Waals surface area contributed by atoms with Crippen molar-refractivity contribution < 1.29 is 23.9 Å². The lowest BCUT2D eigenvalue weighted by atomic mass is 10.0. The van der Waals surface area contributed by atoms with Crippen molar-refractivity contribution in [3.63, 3.8) is 0 Å². The predicted octanol–water partition coefficient (Wildman–Crippen LogP) is 3.13. The van der Waals surface area contributed by atoms with Gasteiger partial charge in [0.05, 0.1) is 12.7 Å². The van der Waals surface area contributed by atoms with Crippen LogP contribution in [0.5, 0.6) is 0 Å². The van der Waals surface area contributed by atoms with E-state index in [2.05, 4.69) is 4.90 Å². The molecule has 1 aliphatic rings. The fourth-order valence-corrected chi connectivity index (χ4v) is 3.27. The Labute approximate surface area is 169 Å². The largest absolute Gasteiger partial charge is 0.465 e. The van der Waals surface area contributed by atoms with E-state index in [1.54, 1.807) is 23.1 Å². The van der Waals surface area contributed by atoms with Crippen LogP contribution in [-0.4, -0.2) is 56.0 Å². The Balaban J connectivity index is 1.60. The third-order valence-electron chi connectivity index (χ3n) is 4.90. The number of carbonyl (C=O) groups is 3. The minimum absolute atomic E-state index is 0.199. The molecule has 0 unspecified atom stereocenters. The standard InChI is InChI=1S/C22H24N2O5/c1-16(25)20-14-18(8-9-19(20)21(26)28-2)23-10-12-24(13-11-23)22(27)29-15-17-6-4-3-5-7-17/h3-9,14H,10-13,15H2,1-2H3. The maximum atomic E-state index is 12.3. The lowest BCUT2D eigenvalue weighted by Crippen LogP contribution is -2.49. The molecule has 1 aliphatic heterocycles. The maximum absolute atomic E-state index is 12.3. The summed E-state index contributed by atoms with van der Waals surface area (Å²) in [4.78, 5) is 39.9. The lowest BCUT2D eigenvalue weighted by Gasteiger charge is -2.35. The highest BCUT2D eigenvalue weighted by Crippen LogP contribution is 2.22. The number of anilines is 1. The molecule has 1 saturated heterocycles. The summed E-state index contributed by atoms with van der Waals surface area (Å²) in [6, 6.07) is 14.7. The van der Waals surface area contributed by atoms with Gasteiger partial charge >= 0.3 is 12.1 Å². The second-order valence-corrected chi connectivity index (χ2v) is 6.79. The fourth-order valence-electron chi connectivity index (χ4n) is 3.27. The minimum Gasteiger partial charge on any atom is -0.465 e. The summed E-state index contributed by atoms with van der Waals surface area (Å²) in [6.45, 7) is 3.91. The van der Waals surface area contributed by atoms with Gasteiger partial charge in [-0.2, -0.15) is 0 Å². The van der Waals surface area contributed by atoms with Crippen molar-refractivity contribution in [2.75, 3.05) is 38.2 Å². The van der Waals surface area contributed by atoms with Crippen LogP contribution < -0.4 is 4.90 Å². The Hall–Kier alpha value is -3.35. The van der Waals surface area contributed by atoms with E-state index in [1.165, 1.54) is 14.0 Å². The molecule has 1 fully saturated rings. The minimum atomic E-state index is -0.535. The van der Waals surface area contributed by atoms with Gasteiger partial charge in [0.25, 0.3) is 0 Å². The first-order chi connectivity index (χ1) is 14.0. The van der Waals surface area contributed by atoms with E-state index in [0.717, 1.165) is 11.3 Å². The molecule has 152 valence electrons. The van der Waals surface area contributed by atoms with Crippen molar-refractivity contribution in [2.24, 2.45) is 0 Å². The molecule has 2 aromatic rings. The third kappa shape index (κ3) is 4.93. The zero-order valence-electron chi connectivity index (χ0n) is 16.6. The van der Waals surface area contributed by atoms with Gasteiger partial charge in [-0.15, -0.1) is 0 Å². The monoisotopic (exact) mass is 396 g/mol. The number of benzene rings is 2. The van der Waals surface area contributed by atoms with Crippen LogP contribution in [0.1, 0.15) is 33.2 Å². The molecule has 1 heterocycles. The molecule has 0 bridgehead atoms. The molecule has 0 aromatic heterocycles. The average molecular weight is 396 g/mol. The van der Waals surface area contributed by atoms with Crippen LogP contribution in [0.2, 0.25) is 0 Å². The normalized spacial score (nSPS) is 13.7. The van der Waals surface area contributed by atoms with Gasteiger partial charge < -0.3 is 19.3 Å². The van der Waals surface area contributed by atoms with Crippen LogP contribution in [0.4, 0.5) is 10.5 Å². The Bertz CT molecular complexity index is 889. The lowest BCUT2D eigenvalue weighted by molar-refractivity contribution is 0.0597. The number of rotatable bonds is 5. The Morgan fingerprint density at radius 2 is 1.62 bits per heavy atom. The molecular weight excluding hydrogens is 372 g/mol. The van der Waals surface area contributed by atoms with E-state index >= 15 is 0 Å². The molecule has 0 saturated carbocycles. The second-order valence-electron chi connectivity index (χ2n) is 6.79. The molecule has 3 rings (SSSR count). The average Bonchev–Trinajstić information content (AvgIpc) is 2.77. The Morgan fingerprint density at radius 1 is 0.931 bits per heavy atom. The second kappa shape index (κ2) is 9.23. The van der Waals surface area contributed by atoms with Crippen molar-refractivity contribution in [1.29, 1.82) is 0 Å². The summed E-state index contributed by atoms with van der Waals surface area (Å²) in [6.07, 6.45) is -0.334. The van der Waals surface area contributed by atoms with Crippen LogP contribution in [0.25, 0.3) is 0 Å². The number of amides is 1. The van der Waals surface area contributed by atoms with Crippen molar-refractivity contribution in [3.05, 3.63) is 65.2 Å². The van der Waals surface area contributed by atoms with Gasteiger partial charge in [-0.05, 0) is 30.7 Å². The number of nitrogens with zero attached hydrogens (tertiary/aromatic N) is 2. The van der Waals surface area contributed by atoms with E-state index in [4.69, 9.17) is 9.47 Å². The summed E-state index contributed by atoms with van der Waals surface area (Å²) in [5.74, 6) is -0.733. The number of Topliss-reactive ketones (excluding diaryl/α,β-unsaturated/α-hetero) is 1. The molecule has 7 nitrogen and oxygen atoms in total. The molecule has 2 aromatic carbocycles. The smallest absolute Gasteiger partial charge is 0.410 e. The zero-order valence-corrected chi connectivity index (χ0v) is 16.6. The maximum Gasteiger partial charge on any atom is 0.410 e. The van der Waals surface area contributed by atoms with Gasteiger partial charge in [0.2, 0.25) is 0 Å². The summed E-state index contributed by atoms with van der Waals surface area (Å²) >= 11 is 0. The summed E-state index contributed by atoms with van der Waals surface area (Å²) in [5, 5.41) is 0. The molecule has 0 spiro atoms. The first-order valence-electron chi connectivity index (χ1n) is 9.43.